The molecule has 0 saturated carbocycles. The fourth-order valence-corrected chi connectivity index (χ4v) is 2.03. The number of nitriles is 1. The maximum absolute atomic E-state index is 8.75. The Bertz CT molecular complexity index is 538. The normalized spacial score (nSPS) is 11.6. The van der Waals surface area contributed by atoms with Crippen molar-refractivity contribution in [3.8, 4) is 17.2 Å². The largest absolute Gasteiger partial charge is 0.381 e. The molecule has 0 aliphatic rings. The van der Waals surface area contributed by atoms with E-state index in [1.165, 1.54) is 11.1 Å². The third kappa shape index (κ3) is 3.59. The van der Waals surface area contributed by atoms with E-state index in [1.54, 1.807) is 0 Å². The summed E-state index contributed by atoms with van der Waals surface area (Å²) in [7, 11) is 0. The zero-order chi connectivity index (χ0) is 13.5. The van der Waals surface area contributed by atoms with Crippen molar-refractivity contribution < 1.29 is 0 Å². The summed E-state index contributed by atoms with van der Waals surface area (Å²) in [5.41, 5.74) is 3.50. The second kappa shape index (κ2) is 6.61. The molecule has 96 valence electrons. The van der Waals surface area contributed by atoms with E-state index < -0.39 is 0 Å². The molecule has 0 bridgehead atoms. The van der Waals surface area contributed by atoms with Crippen molar-refractivity contribution in [2.24, 2.45) is 0 Å². The van der Waals surface area contributed by atoms with Crippen LogP contribution in [0.4, 0.5) is 5.69 Å². The van der Waals surface area contributed by atoms with Crippen LogP contribution in [0.15, 0.2) is 54.6 Å². The molecule has 0 radical (unpaired) electrons. The molecule has 2 aromatic rings. The summed E-state index contributed by atoms with van der Waals surface area (Å²) in [6.07, 6.45) is 1.49. The van der Waals surface area contributed by atoms with Crippen LogP contribution >= 0.6 is 0 Å². The number of benzene rings is 2. The Morgan fingerprint density at radius 2 is 1.63 bits per heavy atom. The second-order valence-electron chi connectivity index (χ2n) is 4.56. The lowest BCUT2D eigenvalue weighted by Gasteiger charge is -2.15. The summed E-state index contributed by atoms with van der Waals surface area (Å²) < 4.78 is 0. The summed E-state index contributed by atoms with van der Waals surface area (Å²) in [4.78, 5) is 0. The van der Waals surface area contributed by atoms with Crippen LogP contribution in [0.25, 0.3) is 11.1 Å². The summed E-state index contributed by atoms with van der Waals surface area (Å²) in [6, 6.07) is 21.1. The molecule has 19 heavy (non-hydrogen) atoms. The molecule has 0 aliphatic carbocycles. The first-order valence-electron chi connectivity index (χ1n) is 6.62. The van der Waals surface area contributed by atoms with Gasteiger partial charge in [0.1, 0.15) is 0 Å². The first-order chi connectivity index (χ1) is 9.33. The van der Waals surface area contributed by atoms with Crippen LogP contribution in [0.1, 0.15) is 19.8 Å². The van der Waals surface area contributed by atoms with Crippen LogP contribution in [0.5, 0.6) is 0 Å². The van der Waals surface area contributed by atoms with Crippen molar-refractivity contribution in [2.75, 3.05) is 5.32 Å². The molecule has 0 aliphatic heterocycles. The van der Waals surface area contributed by atoms with Gasteiger partial charge in [0.2, 0.25) is 0 Å². The Kier molecular flexibility index (Phi) is 4.58. The van der Waals surface area contributed by atoms with Crippen molar-refractivity contribution >= 4 is 5.69 Å². The van der Waals surface area contributed by atoms with Gasteiger partial charge in [0.15, 0.2) is 0 Å². The molecule has 1 atom stereocenters. The molecule has 0 amide bonds. The first kappa shape index (κ1) is 13.2. The van der Waals surface area contributed by atoms with Gasteiger partial charge in [-0.15, -0.1) is 0 Å². The number of anilines is 1. The van der Waals surface area contributed by atoms with Crippen molar-refractivity contribution in [1.82, 2.24) is 0 Å². The molecule has 0 heterocycles. The van der Waals surface area contributed by atoms with Gasteiger partial charge < -0.3 is 5.32 Å². The third-order valence-electron chi connectivity index (χ3n) is 3.19. The smallest absolute Gasteiger partial charge is 0.0643 e. The zero-order valence-corrected chi connectivity index (χ0v) is 11.1. The minimum atomic E-state index is 0.229. The average molecular weight is 250 g/mol. The molecule has 2 rings (SSSR count). The maximum Gasteiger partial charge on any atom is 0.0643 e. The molecule has 0 aromatic heterocycles. The van der Waals surface area contributed by atoms with E-state index in [1.807, 2.05) is 18.2 Å². The van der Waals surface area contributed by atoms with Crippen LogP contribution in [0.3, 0.4) is 0 Å². The summed E-state index contributed by atoms with van der Waals surface area (Å²) in [5.74, 6) is 0. The van der Waals surface area contributed by atoms with E-state index >= 15 is 0 Å². The Morgan fingerprint density at radius 3 is 2.21 bits per heavy atom. The maximum atomic E-state index is 8.75. The van der Waals surface area contributed by atoms with Gasteiger partial charge in [0, 0.05) is 11.7 Å². The highest BCUT2D eigenvalue weighted by Crippen LogP contribution is 2.21. The van der Waals surface area contributed by atoms with Gasteiger partial charge in [-0.3, -0.25) is 0 Å². The average Bonchev–Trinajstić information content (AvgIpc) is 2.48. The Labute approximate surface area is 114 Å². The fraction of sp³-hybridized carbons (Fsp3) is 0.235. The number of nitrogens with zero attached hydrogens (tertiary/aromatic N) is 1. The van der Waals surface area contributed by atoms with Crippen molar-refractivity contribution in [3.05, 3.63) is 54.6 Å². The summed E-state index contributed by atoms with van der Waals surface area (Å²) >= 11 is 0. The predicted octanol–water partition coefficient (Wildman–Crippen LogP) is 4.46. The Morgan fingerprint density at radius 1 is 1.00 bits per heavy atom. The zero-order valence-electron chi connectivity index (χ0n) is 11.1. The van der Waals surface area contributed by atoms with Crippen LogP contribution in [0.2, 0.25) is 0 Å². The number of nitrogens with one attached hydrogen (secondary N) is 1. The first-order valence-corrected chi connectivity index (χ1v) is 6.62. The minimum Gasteiger partial charge on any atom is -0.381 e. The van der Waals surface area contributed by atoms with Gasteiger partial charge in [0.05, 0.1) is 12.5 Å². The molecule has 1 unspecified atom stereocenters. The SMILES string of the molecule is CCC(CC#N)Nc1ccc(-c2ccccc2)cc1. The minimum absolute atomic E-state index is 0.229. The van der Waals surface area contributed by atoms with E-state index in [4.69, 9.17) is 5.26 Å². The van der Waals surface area contributed by atoms with Gasteiger partial charge in [-0.1, -0.05) is 49.4 Å². The fourth-order valence-electron chi connectivity index (χ4n) is 2.03. The molecule has 0 spiro atoms. The molecular weight excluding hydrogens is 232 g/mol. The van der Waals surface area contributed by atoms with E-state index in [-0.39, 0.29) is 6.04 Å². The number of hydrogen-bond donors (Lipinski definition) is 1. The number of rotatable bonds is 5. The Hall–Kier alpha value is -2.27. The van der Waals surface area contributed by atoms with E-state index in [0.717, 1.165) is 12.1 Å². The predicted molar refractivity (Wildman–Crippen MR) is 79.8 cm³/mol. The lowest BCUT2D eigenvalue weighted by molar-refractivity contribution is 0.711. The highest BCUT2D eigenvalue weighted by Gasteiger charge is 2.05. The monoisotopic (exact) mass is 250 g/mol. The molecule has 1 N–H and O–H groups in total. The van der Waals surface area contributed by atoms with Crippen molar-refractivity contribution in [2.45, 2.75) is 25.8 Å². The van der Waals surface area contributed by atoms with E-state index in [2.05, 4.69) is 54.7 Å². The molecular formula is C17H18N2. The lowest BCUT2D eigenvalue weighted by atomic mass is 10.1. The molecule has 0 fully saturated rings. The van der Waals surface area contributed by atoms with Gasteiger partial charge in [-0.05, 0) is 29.7 Å². The Balaban J connectivity index is 2.09. The topological polar surface area (TPSA) is 35.8 Å². The molecule has 2 nitrogen and oxygen atoms in total. The van der Waals surface area contributed by atoms with E-state index in [9.17, 15) is 0 Å². The van der Waals surface area contributed by atoms with Gasteiger partial charge in [-0.2, -0.15) is 5.26 Å². The quantitative estimate of drug-likeness (QED) is 0.850. The van der Waals surface area contributed by atoms with Gasteiger partial charge >= 0.3 is 0 Å². The van der Waals surface area contributed by atoms with Crippen molar-refractivity contribution in [1.29, 1.82) is 5.26 Å². The second-order valence-corrected chi connectivity index (χ2v) is 4.56. The van der Waals surface area contributed by atoms with Gasteiger partial charge in [0.25, 0.3) is 0 Å². The third-order valence-corrected chi connectivity index (χ3v) is 3.19. The van der Waals surface area contributed by atoms with Crippen LogP contribution in [0, 0.1) is 11.3 Å². The van der Waals surface area contributed by atoms with Crippen LogP contribution < -0.4 is 5.32 Å². The van der Waals surface area contributed by atoms with Crippen LogP contribution in [-0.2, 0) is 0 Å². The summed E-state index contributed by atoms with van der Waals surface area (Å²) in [5, 5.41) is 12.1. The van der Waals surface area contributed by atoms with Crippen LogP contribution in [-0.4, -0.2) is 6.04 Å². The lowest BCUT2D eigenvalue weighted by Crippen LogP contribution is -2.17. The van der Waals surface area contributed by atoms with Crippen molar-refractivity contribution in [3.63, 3.8) is 0 Å². The van der Waals surface area contributed by atoms with E-state index in [0.29, 0.717) is 6.42 Å². The highest BCUT2D eigenvalue weighted by atomic mass is 14.9. The number of hydrogen-bond acceptors (Lipinski definition) is 2. The van der Waals surface area contributed by atoms with Gasteiger partial charge in [-0.25, -0.2) is 0 Å². The molecule has 2 heteroatoms. The highest BCUT2D eigenvalue weighted by molar-refractivity contribution is 5.65. The molecule has 2 aromatic carbocycles. The standard InChI is InChI=1S/C17H18N2/c1-2-16(12-13-18)19-17-10-8-15(9-11-17)14-6-4-3-5-7-14/h3-11,16,19H,2,12H2,1H3. The molecule has 0 saturated heterocycles. The summed E-state index contributed by atoms with van der Waals surface area (Å²) in [6.45, 7) is 2.09.